The van der Waals surface area contributed by atoms with Gasteiger partial charge >= 0.3 is 5.97 Å². The van der Waals surface area contributed by atoms with Crippen LogP contribution < -0.4 is 5.32 Å². The van der Waals surface area contributed by atoms with E-state index < -0.39 is 6.10 Å². The number of carbonyl (C=O) groups excluding carboxylic acids is 2. The van der Waals surface area contributed by atoms with Gasteiger partial charge in [-0.25, -0.2) is 15.0 Å². The lowest BCUT2D eigenvalue weighted by atomic mass is 9.85. The second kappa shape index (κ2) is 18.6. The van der Waals surface area contributed by atoms with Crippen molar-refractivity contribution in [1.82, 2.24) is 5.32 Å². The van der Waals surface area contributed by atoms with Crippen molar-refractivity contribution >= 4 is 28.9 Å². The van der Waals surface area contributed by atoms with Crippen molar-refractivity contribution in [2.75, 3.05) is 6.61 Å². The quantitative estimate of drug-likeness (QED) is 0.0909. The molecular weight excluding hydrogens is 749 g/mol. The van der Waals surface area contributed by atoms with E-state index in [1.54, 1.807) is 6.92 Å². The second-order valence-electron chi connectivity index (χ2n) is 17.9. The van der Waals surface area contributed by atoms with Crippen LogP contribution in [0.5, 0.6) is 0 Å². The summed E-state index contributed by atoms with van der Waals surface area (Å²) in [7, 11) is 0. The van der Waals surface area contributed by atoms with Gasteiger partial charge in [-0.2, -0.15) is 0 Å². The lowest BCUT2D eigenvalue weighted by molar-refractivity contribution is -0.142. The Morgan fingerprint density at radius 3 is 2.23 bits per heavy atom. The molecule has 6 aliphatic rings. The summed E-state index contributed by atoms with van der Waals surface area (Å²) in [5.41, 5.74) is 16.0. The SMILES string of the molecule is CC(C)=CCC/C(C)=C/CC/C(C)=C/COC(=O)CC[C@@H]1C2=C3CC(=O)C4=C(C)C(=CC5=C(CC(C)C)/C(=C\O)C(=N5)C=C5N=C(C(C)=C5C(C)O)C(C)=C(N2)[C@H]1C)N=C34. The number of aliphatic hydroxyl groups excluding tert-OH is 2. The van der Waals surface area contributed by atoms with Crippen molar-refractivity contribution in [3.05, 3.63) is 126 Å². The molecule has 60 heavy (non-hydrogen) atoms. The van der Waals surface area contributed by atoms with Crippen molar-refractivity contribution in [2.24, 2.45) is 32.7 Å². The fourth-order valence-corrected chi connectivity index (χ4v) is 9.23. The normalized spacial score (nSPS) is 22.9. The third kappa shape index (κ3) is 9.26. The van der Waals surface area contributed by atoms with Crippen LogP contribution in [-0.2, 0) is 14.3 Å². The molecule has 0 aromatic heterocycles. The molecule has 2 fully saturated rings. The topological polar surface area (TPSA) is 133 Å². The number of Topliss-reactive ketones (excluding diaryl/α,β-unsaturated/α-hetero) is 1. The second-order valence-corrected chi connectivity index (χ2v) is 17.9. The van der Waals surface area contributed by atoms with Crippen LogP contribution in [0.15, 0.2) is 141 Å². The zero-order valence-corrected chi connectivity index (χ0v) is 37.6. The Morgan fingerprint density at radius 1 is 0.883 bits per heavy atom. The Balaban J connectivity index is 1.33. The molecule has 0 spiro atoms. The molecule has 6 rings (SSSR count). The molecule has 5 aliphatic heterocycles. The average molecular weight is 813 g/mol. The Hall–Kier alpha value is -5.15. The molecule has 1 saturated carbocycles. The van der Waals surface area contributed by atoms with E-state index in [2.05, 4.69) is 65.9 Å². The van der Waals surface area contributed by atoms with E-state index in [1.807, 2.05) is 39.0 Å². The molecule has 8 bridgehead atoms. The Kier molecular flexibility index (Phi) is 13.8. The Morgan fingerprint density at radius 2 is 1.57 bits per heavy atom. The van der Waals surface area contributed by atoms with Crippen LogP contribution in [0.3, 0.4) is 0 Å². The molecule has 1 saturated heterocycles. The minimum Gasteiger partial charge on any atom is -0.515 e. The van der Waals surface area contributed by atoms with Gasteiger partial charge in [-0.05, 0) is 140 Å². The number of rotatable bonds is 14. The molecule has 0 aromatic carbocycles. The third-order valence-electron chi connectivity index (χ3n) is 12.5. The van der Waals surface area contributed by atoms with Crippen molar-refractivity contribution in [1.29, 1.82) is 0 Å². The van der Waals surface area contributed by atoms with Gasteiger partial charge in [0.15, 0.2) is 5.78 Å². The summed E-state index contributed by atoms with van der Waals surface area (Å²) in [5.74, 6) is -0.127. The molecule has 9 heteroatoms. The Labute approximate surface area is 357 Å². The molecule has 318 valence electrons. The maximum absolute atomic E-state index is 13.9. The van der Waals surface area contributed by atoms with Crippen LogP contribution in [0.25, 0.3) is 0 Å². The van der Waals surface area contributed by atoms with Crippen LogP contribution >= 0.6 is 0 Å². The predicted molar refractivity (Wildman–Crippen MR) is 243 cm³/mol. The fraction of sp³-hybridized carbons (Fsp3) is 0.471. The number of aliphatic hydroxyl groups is 2. The number of esters is 1. The summed E-state index contributed by atoms with van der Waals surface area (Å²) in [6.45, 7) is 22.9. The van der Waals surface area contributed by atoms with Gasteiger partial charge in [0.1, 0.15) is 6.61 Å². The number of nitrogens with one attached hydrogen (secondary N) is 1. The number of ether oxygens (including phenoxy) is 1. The monoisotopic (exact) mass is 812 g/mol. The molecule has 0 aromatic rings. The average Bonchev–Trinajstić information content (AvgIpc) is 3.95. The highest BCUT2D eigenvalue weighted by atomic mass is 16.5. The lowest BCUT2D eigenvalue weighted by Gasteiger charge is -2.17. The van der Waals surface area contributed by atoms with E-state index in [0.29, 0.717) is 58.1 Å². The smallest absolute Gasteiger partial charge is 0.306 e. The summed E-state index contributed by atoms with van der Waals surface area (Å²) in [4.78, 5) is 42.5. The first-order chi connectivity index (χ1) is 28.5. The molecule has 9 nitrogen and oxygen atoms in total. The van der Waals surface area contributed by atoms with E-state index in [-0.39, 0.29) is 49.0 Å². The summed E-state index contributed by atoms with van der Waals surface area (Å²) >= 11 is 0. The first-order valence-electron chi connectivity index (χ1n) is 21.7. The molecule has 1 aliphatic carbocycles. The fourth-order valence-electron chi connectivity index (χ4n) is 9.23. The lowest BCUT2D eigenvalue weighted by Crippen LogP contribution is -2.16. The van der Waals surface area contributed by atoms with Gasteiger partial charge in [0.05, 0.1) is 46.6 Å². The van der Waals surface area contributed by atoms with E-state index in [1.165, 1.54) is 16.7 Å². The van der Waals surface area contributed by atoms with Gasteiger partial charge < -0.3 is 20.3 Å². The highest BCUT2D eigenvalue weighted by Gasteiger charge is 2.44. The maximum atomic E-state index is 13.9. The van der Waals surface area contributed by atoms with Gasteiger partial charge in [0, 0.05) is 58.4 Å². The van der Waals surface area contributed by atoms with Crippen LogP contribution in [0.4, 0.5) is 0 Å². The van der Waals surface area contributed by atoms with E-state index in [0.717, 1.165) is 76.9 Å². The molecule has 0 amide bonds. The summed E-state index contributed by atoms with van der Waals surface area (Å²) in [6, 6.07) is 0. The first-order valence-corrected chi connectivity index (χ1v) is 21.7. The number of carbonyl (C=O) groups is 2. The minimum absolute atomic E-state index is 0.0209. The zero-order chi connectivity index (χ0) is 43.6. The van der Waals surface area contributed by atoms with Crippen LogP contribution in [0, 0.1) is 17.8 Å². The number of hydrogen-bond donors (Lipinski definition) is 3. The highest BCUT2D eigenvalue weighted by Crippen LogP contribution is 2.46. The van der Waals surface area contributed by atoms with Gasteiger partial charge in [-0.15, -0.1) is 0 Å². The summed E-state index contributed by atoms with van der Waals surface area (Å²) < 4.78 is 5.75. The largest absolute Gasteiger partial charge is 0.515 e. The van der Waals surface area contributed by atoms with Crippen molar-refractivity contribution < 1.29 is 24.5 Å². The first kappa shape index (κ1) is 44.4. The number of allylic oxidation sites excluding steroid dienone is 16. The predicted octanol–water partition coefficient (Wildman–Crippen LogP) is 11.0. The number of fused-ring (bicyclic) bond motifs is 5. The summed E-state index contributed by atoms with van der Waals surface area (Å²) in [6.07, 6.45) is 16.3. The van der Waals surface area contributed by atoms with Crippen molar-refractivity contribution in [2.45, 2.75) is 134 Å². The standard InChI is InChI=1S/C51H64N4O5/c1-27(2)14-12-15-29(5)16-13-17-30(6)20-21-60-45(59)19-18-36-31(7)48-34(10)49-33(9)46(35(11)57)43(54-49)25-42-39(26-56)37(22-28(3)4)41(52-42)24-40-32(8)47-44(58)23-38(50(36)55-48)51(47)53-40/h14,16,20,24-26,28,31,35-36,55-57H,12-13,15,17-19,21-23H2,1-11H3/b29-16+,30-20+,39-26+,40-24?,43-25?,48-34?,50-38?/t31-,35?,36-/m0/s1. The van der Waals surface area contributed by atoms with Crippen molar-refractivity contribution in [3.8, 4) is 0 Å². The van der Waals surface area contributed by atoms with Gasteiger partial charge in [0.25, 0.3) is 0 Å². The molecule has 3 N–H and O–H groups in total. The van der Waals surface area contributed by atoms with Crippen molar-refractivity contribution in [3.63, 3.8) is 0 Å². The number of nitrogens with zero attached hydrogens (tertiary/aromatic N) is 3. The summed E-state index contributed by atoms with van der Waals surface area (Å²) in [5, 5.41) is 25.5. The maximum Gasteiger partial charge on any atom is 0.306 e. The van der Waals surface area contributed by atoms with Crippen LogP contribution in [0.1, 0.15) is 128 Å². The number of ketones is 1. The molecular formula is C51H64N4O5. The zero-order valence-electron chi connectivity index (χ0n) is 37.6. The number of aliphatic imine (C=N–C) groups is 3. The van der Waals surface area contributed by atoms with Gasteiger partial charge in [-0.3, -0.25) is 9.59 Å². The van der Waals surface area contributed by atoms with E-state index >= 15 is 0 Å². The molecule has 5 heterocycles. The van der Waals surface area contributed by atoms with Crippen LogP contribution in [0.2, 0.25) is 0 Å². The molecule has 0 radical (unpaired) electrons. The van der Waals surface area contributed by atoms with Gasteiger partial charge in [0.2, 0.25) is 0 Å². The molecule has 1 unspecified atom stereocenters. The van der Waals surface area contributed by atoms with E-state index in [4.69, 9.17) is 19.7 Å². The Bertz CT molecular complexity index is 2310. The highest BCUT2D eigenvalue weighted by molar-refractivity contribution is 6.38. The van der Waals surface area contributed by atoms with Crippen LogP contribution in [-0.4, -0.2) is 51.8 Å². The molecule has 3 atom stereocenters. The number of hydrogen-bond acceptors (Lipinski definition) is 9. The van der Waals surface area contributed by atoms with E-state index in [9.17, 15) is 19.8 Å². The third-order valence-corrected chi connectivity index (χ3v) is 12.5. The minimum atomic E-state index is -0.806. The van der Waals surface area contributed by atoms with Gasteiger partial charge in [-0.1, -0.05) is 49.6 Å².